The summed E-state index contributed by atoms with van der Waals surface area (Å²) < 4.78 is 5.18. The molecular formula is C16H25N3O2. The van der Waals surface area contributed by atoms with Crippen molar-refractivity contribution in [3.05, 3.63) is 29.8 Å². The lowest BCUT2D eigenvalue weighted by Crippen LogP contribution is -2.48. The van der Waals surface area contributed by atoms with Gasteiger partial charge in [0.25, 0.3) is 5.91 Å². The summed E-state index contributed by atoms with van der Waals surface area (Å²) in [6.07, 6.45) is 2.21. The molecule has 0 spiro atoms. The zero-order chi connectivity index (χ0) is 15.1. The first-order valence-corrected chi connectivity index (χ1v) is 7.60. The van der Waals surface area contributed by atoms with Gasteiger partial charge < -0.3 is 15.4 Å². The molecule has 1 amide bonds. The topological polar surface area (TPSA) is 58.8 Å². The minimum Gasteiger partial charge on any atom is -0.497 e. The Hall–Kier alpha value is -1.59. The molecule has 1 aromatic carbocycles. The van der Waals surface area contributed by atoms with E-state index in [0.717, 1.165) is 57.9 Å². The molecule has 1 heterocycles. The third kappa shape index (κ3) is 4.44. The number of carbonyl (C=O) groups excluding carboxylic acids is 1. The second-order valence-corrected chi connectivity index (χ2v) is 5.36. The van der Waals surface area contributed by atoms with Crippen LogP contribution in [-0.2, 0) is 0 Å². The van der Waals surface area contributed by atoms with Crippen LogP contribution in [0.1, 0.15) is 23.2 Å². The molecule has 116 valence electrons. The van der Waals surface area contributed by atoms with Crippen molar-refractivity contribution < 1.29 is 9.53 Å². The van der Waals surface area contributed by atoms with E-state index in [9.17, 15) is 4.79 Å². The van der Waals surface area contributed by atoms with Crippen molar-refractivity contribution in [3.63, 3.8) is 0 Å². The molecular weight excluding hydrogens is 266 g/mol. The Labute approximate surface area is 126 Å². The highest BCUT2D eigenvalue weighted by molar-refractivity contribution is 5.94. The lowest BCUT2D eigenvalue weighted by atomic mass is 10.1. The van der Waals surface area contributed by atoms with Gasteiger partial charge >= 0.3 is 0 Å². The summed E-state index contributed by atoms with van der Waals surface area (Å²) in [5, 5.41) is 0. The molecule has 0 radical (unpaired) electrons. The monoisotopic (exact) mass is 291 g/mol. The number of amides is 1. The van der Waals surface area contributed by atoms with Crippen LogP contribution in [0.15, 0.2) is 24.3 Å². The summed E-state index contributed by atoms with van der Waals surface area (Å²) >= 11 is 0. The second kappa shape index (κ2) is 8.00. The van der Waals surface area contributed by atoms with Crippen molar-refractivity contribution in [3.8, 4) is 5.75 Å². The third-order valence-electron chi connectivity index (χ3n) is 3.90. The van der Waals surface area contributed by atoms with Crippen LogP contribution < -0.4 is 10.5 Å². The Bertz CT molecular complexity index is 457. The van der Waals surface area contributed by atoms with Crippen molar-refractivity contribution in [2.24, 2.45) is 5.73 Å². The highest BCUT2D eigenvalue weighted by Crippen LogP contribution is 2.15. The fraction of sp³-hybridized carbons (Fsp3) is 0.562. The number of nitrogens with two attached hydrogens (primary N) is 1. The fourth-order valence-corrected chi connectivity index (χ4v) is 2.59. The van der Waals surface area contributed by atoms with Crippen molar-refractivity contribution in [1.29, 1.82) is 0 Å². The summed E-state index contributed by atoms with van der Waals surface area (Å²) in [6, 6.07) is 7.36. The molecule has 1 aliphatic heterocycles. The van der Waals surface area contributed by atoms with Crippen LogP contribution in [0.5, 0.6) is 5.75 Å². The molecule has 0 atom stereocenters. The maximum absolute atomic E-state index is 12.5. The fourth-order valence-electron chi connectivity index (χ4n) is 2.59. The minimum absolute atomic E-state index is 0.0931. The van der Waals surface area contributed by atoms with Crippen molar-refractivity contribution in [1.82, 2.24) is 9.80 Å². The first-order chi connectivity index (χ1) is 10.2. The van der Waals surface area contributed by atoms with Crippen molar-refractivity contribution in [2.75, 3.05) is 46.4 Å². The average Bonchev–Trinajstić information content (AvgIpc) is 2.55. The van der Waals surface area contributed by atoms with Crippen molar-refractivity contribution >= 4 is 5.91 Å². The van der Waals surface area contributed by atoms with Gasteiger partial charge in [0, 0.05) is 31.7 Å². The Morgan fingerprint density at radius 3 is 2.67 bits per heavy atom. The lowest BCUT2D eigenvalue weighted by molar-refractivity contribution is 0.0635. The van der Waals surface area contributed by atoms with E-state index in [1.165, 1.54) is 0 Å². The van der Waals surface area contributed by atoms with Crippen LogP contribution in [0.3, 0.4) is 0 Å². The van der Waals surface area contributed by atoms with Crippen LogP contribution in [0.25, 0.3) is 0 Å². The van der Waals surface area contributed by atoms with E-state index in [4.69, 9.17) is 10.5 Å². The molecule has 0 unspecified atom stereocenters. The van der Waals surface area contributed by atoms with E-state index in [-0.39, 0.29) is 5.91 Å². The maximum atomic E-state index is 12.5. The Balaban J connectivity index is 1.85. The maximum Gasteiger partial charge on any atom is 0.254 e. The largest absolute Gasteiger partial charge is 0.497 e. The van der Waals surface area contributed by atoms with Gasteiger partial charge in [-0.1, -0.05) is 6.07 Å². The van der Waals surface area contributed by atoms with Gasteiger partial charge in [-0.2, -0.15) is 0 Å². The number of unbranched alkanes of at least 4 members (excludes halogenated alkanes) is 1. The zero-order valence-electron chi connectivity index (χ0n) is 12.8. The van der Waals surface area contributed by atoms with Crippen LogP contribution in [0.2, 0.25) is 0 Å². The number of benzene rings is 1. The summed E-state index contributed by atoms with van der Waals surface area (Å²) in [4.78, 5) is 16.8. The van der Waals surface area contributed by atoms with Gasteiger partial charge in [-0.25, -0.2) is 0 Å². The highest BCUT2D eigenvalue weighted by Gasteiger charge is 2.21. The predicted octanol–water partition coefficient (Wildman–Crippen LogP) is 1.19. The zero-order valence-corrected chi connectivity index (χ0v) is 12.8. The molecule has 5 nitrogen and oxygen atoms in total. The number of piperazine rings is 1. The van der Waals surface area contributed by atoms with Crippen LogP contribution in [0.4, 0.5) is 0 Å². The quantitative estimate of drug-likeness (QED) is 0.800. The SMILES string of the molecule is COc1cccc(C(=O)N2CCN(CCCCN)CC2)c1. The molecule has 21 heavy (non-hydrogen) atoms. The molecule has 1 aliphatic rings. The minimum atomic E-state index is 0.0931. The molecule has 2 rings (SSSR count). The van der Waals surface area contributed by atoms with E-state index >= 15 is 0 Å². The average molecular weight is 291 g/mol. The van der Waals surface area contributed by atoms with Gasteiger partial charge in [0.05, 0.1) is 7.11 Å². The molecule has 0 aliphatic carbocycles. The van der Waals surface area contributed by atoms with E-state index in [1.54, 1.807) is 13.2 Å². The molecule has 1 saturated heterocycles. The lowest BCUT2D eigenvalue weighted by Gasteiger charge is -2.34. The first kappa shape index (κ1) is 15.8. The van der Waals surface area contributed by atoms with Crippen LogP contribution >= 0.6 is 0 Å². The number of hydrogen-bond acceptors (Lipinski definition) is 4. The van der Waals surface area contributed by atoms with Crippen molar-refractivity contribution in [2.45, 2.75) is 12.8 Å². The van der Waals surface area contributed by atoms with E-state index in [2.05, 4.69) is 4.90 Å². The number of ether oxygens (including phenoxy) is 1. The van der Waals surface area contributed by atoms with E-state index < -0.39 is 0 Å². The predicted molar refractivity (Wildman–Crippen MR) is 83.6 cm³/mol. The van der Waals surface area contributed by atoms with Crippen LogP contribution in [0, 0.1) is 0 Å². The van der Waals surface area contributed by atoms with Gasteiger partial charge in [-0.05, 0) is 44.1 Å². The second-order valence-electron chi connectivity index (χ2n) is 5.36. The number of methoxy groups -OCH3 is 1. The number of rotatable bonds is 6. The standard InChI is InChI=1S/C16H25N3O2/c1-21-15-6-4-5-14(13-15)16(20)19-11-9-18(10-12-19)8-3-2-7-17/h4-6,13H,2-3,7-12,17H2,1H3. The highest BCUT2D eigenvalue weighted by atomic mass is 16.5. The molecule has 1 fully saturated rings. The summed E-state index contributed by atoms with van der Waals surface area (Å²) in [7, 11) is 1.61. The molecule has 0 saturated carbocycles. The molecule has 0 bridgehead atoms. The molecule has 2 N–H and O–H groups in total. The van der Waals surface area contributed by atoms with Gasteiger partial charge in [0.15, 0.2) is 0 Å². The van der Waals surface area contributed by atoms with Gasteiger partial charge in [-0.3, -0.25) is 9.69 Å². The number of hydrogen-bond donors (Lipinski definition) is 1. The van der Waals surface area contributed by atoms with Gasteiger partial charge in [0.2, 0.25) is 0 Å². The smallest absolute Gasteiger partial charge is 0.254 e. The van der Waals surface area contributed by atoms with Gasteiger partial charge in [-0.15, -0.1) is 0 Å². The number of nitrogens with zero attached hydrogens (tertiary/aromatic N) is 2. The Morgan fingerprint density at radius 1 is 1.24 bits per heavy atom. The normalized spacial score (nSPS) is 16.0. The molecule has 1 aromatic rings. The van der Waals surface area contributed by atoms with E-state index in [1.807, 2.05) is 23.1 Å². The summed E-state index contributed by atoms with van der Waals surface area (Å²) in [5.74, 6) is 0.816. The Morgan fingerprint density at radius 2 is 2.00 bits per heavy atom. The van der Waals surface area contributed by atoms with Gasteiger partial charge in [0.1, 0.15) is 5.75 Å². The molecule has 5 heteroatoms. The van der Waals surface area contributed by atoms with E-state index in [0.29, 0.717) is 5.56 Å². The third-order valence-corrected chi connectivity index (χ3v) is 3.90. The molecule has 0 aromatic heterocycles. The van der Waals surface area contributed by atoms with Crippen LogP contribution in [-0.4, -0.2) is 62.1 Å². The number of carbonyl (C=O) groups is 1. The summed E-state index contributed by atoms with van der Waals surface area (Å²) in [5.41, 5.74) is 6.21. The summed E-state index contributed by atoms with van der Waals surface area (Å²) in [6.45, 7) is 5.31. The first-order valence-electron chi connectivity index (χ1n) is 7.60. The Kier molecular flexibility index (Phi) is 6.02.